The van der Waals surface area contributed by atoms with Crippen LogP contribution in [0.5, 0.6) is 0 Å². The first kappa shape index (κ1) is 16.5. The van der Waals surface area contributed by atoms with Crippen LogP contribution in [0.3, 0.4) is 0 Å². The van der Waals surface area contributed by atoms with Gasteiger partial charge in [0.2, 0.25) is 0 Å². The lowest BCUT2D eigenvalue weighted by Crippen LogP contribution is -2.38. The molecular weight excluding hydrogens is 258 g/mol. The second-order valence-corrected chi connectivity index (χ2v) is 6.20. The lowest BCUT2D eigenvalue weighted by atomic mass is 9.85. The minimum absolute atomic E-state index is 0.492. The molecule has 1 aromatic rings. The first-order chi connectivity index (χ1) is 8.88. The van der Waals surface area contributed by atoms with Crippen LogP contribution in [-0.4, -0.2) is 22.4 Å². The van der Waals surface area contributed by atoms with Crippen LogP contribution in [0.15, 0.2) is 0 Å². The van der Waals surface area contributed by atoms with Crippen LogP contribution >= 0.6 is 11.6 Å². The summed E-state index contributed by atoms with van der Waals surface area (Å²) in [5.74, 6) is 1.18. The fourth-order valence-electron chi connectivity index (χ4n) is 2.64. The molecule has 0 saturated heterocycles. The minimum atomic E-state index is 0.492. The number of hydrogen-bond donors (Lipinski definition) is 1. The molecule has 0 amide bonds. The summed E-state index contributed by atoms with van der Waals surface area (Å²) in [6.07, 6.45) is 2.15. The summed E-state index contributed by atoms with van der Waals surface area (Å²) >= 11 is 6.37. The van der Waals surface area contributed by atoms with Crippen molar-refractivity contribution in [2.24, 2.45) is 18.9 Å². The molecule has 3 nitrogen and oxygen atoms in total. The molecule has 1 rings (SSSR count). The summed E-state index contributed by atoms with van der Waals surface area (Å²) in [7, 11) is 1.98. The zero-order chi connectivity index (χ0) is 14.6. The van der Waals surface area contributed by atoms with Crippen LogP contribution < -0.4 is 5.32 Å². The van der Waals surface area contributed by atoms with E-state index in [9.17, 15) is 0 Å². The molecule has 19 heavy (non-hydrogen) atoms. The second-order valence-electron chi connectivity index (χ2n) is 5.82. The number of nitrogens with zero attached hydrogens (tertiary/aromatic N) is 2. The van der Waals surface area contributed by atoms with Gasteiger partial charge in [0.05, 0.1) is 16.4 Å². The zero-order valence-corrected chi connectivity index (χ0v) is 13.9. The molecule has 0 radical (unpaired) electrons. The van der Waals surface area contributed by atoms with Gasteiger partial charge in [-0.25, -0.2) is 0 Å². The summed E-state index contributed by atoms with van der Waals surface area (Å²) in [6.45, 7) is 12.1. The van der Waals surface area contributed by atoms with E-state index in [1.165, 1.54) is 6.42 Å². The molecule has 110 valence electrons. The predicted octanol–water partition coefficient (Wildman–Crippen LogP) is 3.58. The Balaban J connectivity index is 2.83. The lowest BCUT2D eigenvalue weighted by Gasteiger charge is -2.28. The van der Waals surface area contributed by atoms with Crippen molar-refractivity contribution in [1.82, 2.24) is 15.1 Å². The molecule has 0 fully saturated rings. The molecule has 1 N–H and O–H groups in total. The Morgan fingerprint density at radius 2 is 1.95 bits per heavy atom. The van der Waals surface area contributed by atoms with Crippen molar-refractivity contribution in [3.05, 3.63) is 16.4 Å². The first-order valence-electron chi connectivity index (χ1n) is 7.29. The van der Waals surface area contributed by atoms with E-state index in [0.717, 1.165) is 29.4 Å². The number of halogens is 1. The molecule has 0 bridgehead atoms. The van der Waals surface area contributed by atoms with Crippen molar-refractivity contribution in [2.45, 2.75) is 53.5 Å². The molecule has 1 aromatic heterocycles. The first-order valence-corrected chi connectivity index (χ1v) is 7.67. The minimum Gasteiger partial charge on any atom is -0.314 e. The lowest BCUT2D eigenvalue weighted by molar-refractivity contribution is 0.284. The van der Waals surface area contributed by atoms with Gasteiger partial charge in [-0.1, -0.05) is 32.4 Å². The highest BCUT2D eigenvalue weighted by Gasteiger charge is 2.24. The zero-order valence-electron chi connectivity index (χ0n) is 13.1. The average molecular weight is 286 g/mol. The summed E-state index contributed by atoms with van der Waals surface area (Å²) in [6, 6.07) is 0.492. The van der Waals surface area contributed by atoms with Gasteiger partial charge in [-0.05, 0) is 45.1 Å². The Morgan fingerprint density at radius 3 is 2.37 bits per heavy atom. The highest BCUT2D eigenvalue weighted by molar-refractivity contribution is 6.31. The number of rotatable bonds is 7. The summed E-state index contributed by atoms with van der Waals surface area (Å²) in [5.41, 5.74) is 2.08. The van der Waals surface area contributed by atoms with Gasteiger partial charge < -0.3 is 5.32 Å². The SMILES string of the molecule is CCCNC(C)C(Cc1c(Cl)c(C)nn1C)C(C)C. The maximum Gasteiger partial charge on any atom is 0.0847 e. The molecule has 2 atom stereocenters. The molecular formula is C15H28ClN3. The van der Waals surface area contributed by atoms with Crippen molar-refractivity contribution in [3.63, 3.8) is 0 Å². The molecule has 0 aliphatic heterocycles. The van der Waals surface area contributed by atoms with E-state index in [1.807, 2.05) is 18.7 Å². The average Bonchev–Trinajstić information content (AvgIpc) is 2.58. The number of aryl methyl sites for hydroxylation is 2. The normalized spacial score (nSPS) is 14.9. The fourth-order valence-corrected chi connectivity index (χ4v) is 2.88. The fraction of sp³-hybridized carbons (Fsp3) is 0.800. The number of aromatic nitrogens is 2. The Bertz CT molecular complexity index is 398. The molecule has 0 aliphatic carbocycles. The van der Waals surface area contributed by atoms with Gasteiger partial charge in [-0.15, -0.1) is 0 Å². The van der Waals surface area contributed by atoms with Crippen LogP contribution in [0.25, 0.3) is 0 Å². The summed E-state index contributed by atoms with van der Waals surface area (Å²) in [5, 5.41) is 8.85. The van der Waals surface area contributed by atoms with Crippen molar-refractivity contribution >= 4 is 11.6 Å². The van der Waals surface area contributed by atoms with E-state index in [0.29, 0.717) is 17.9 Å². The number of nitrogens with one attached hydrogen (secondary N) is 1. The van der Waals surface area contributed by atoms with E-state index in [2.05, 4.69) is 38.1 Å². The summed E-state index contributed by atoms with van der Waals surface area (Å²) < 4.78 is 1.93. The molecule has 2 unspecified atom stereocenters. The van der Waals surface area contributed by atoms with Gasteiger partial charge in [0.1, 0.15) is 0 Å². The third kappa shape index (κ3) is 4.22. The topological polar surface area (TPSA) is 29.9 Å². The molecule has 1 heterocycles. The highest BCUT2D eigenvalue weighted by atomic mass is 35.5. The standard InChI is InChI=1S/C15H28ClN3/c1-7-8-17-11(4)13(10(2)3)9-14-15(16)12(5)18-19(14)6/h10-11,13,17H,7-9H2,1-6H3. The van der Waals surface area contributed by atoms with E-state index >= 15 is 0 Å². The van der Waals surface area contributed by atoms with Gasteiger partial charge >= 0.3 is 0 Å². The van der Waals surface area contributed by atoms with Gasteiger partial charge in [0.15, 0.2) is 0 Å². The Hall–Kier alpha value is -0.540. The van der Waals surface area contributed by atoms with Crippen LogP contribution in [0.2, 0.25) is 5.02 Å². The Labute approximate surface area is 122 Å². The largest absolute Gasteiger partial charge is 0.314 e. The quantitative estimate of drug-likeness (QED) is 0.830. The third-order valence-electron chi connectivity index (χ3n) is 3.91. The maximum absolute atomic E-state index is 6.37. The third-order valence-corrected chi connectivity index (χ3v) is 4.40. The molecule has 0 spiro atoms. The van der Waals surface area contributed by atoms with Gasteiger partial charge in [0, 0.05) is 13.1 Å². The van der Waals surface area contributed by atoms with Crippen LogP contribution in [0.4, 0.5) is 0 Å². The monoisotopic (exact) mass is 285 g/mol. The van der Waals surface area contributed by atoms with Crippen molar-refractivity contribution in [2.75, 3.05) is 6.54 Å². The second kappa shape index (κ2) is 7.30. The van der Waals surface area contributed by atoms with Crippen molar-refractivity contribution < 1.29 is 0 Å². The Kier molecular flexibility index (Phi) is 6.34. The van der Waals surface area contributed by atoms with Crippen molar-refractivity contribution in [1.29, 1.82) is 0 Å². The van der Waals surface area contributed by atoms with E-state index in [4.69, 9.17) is 11.6 Å². The van der Waals surface area contributed by atoms with Crippen molar-refractivity contribution in [3.8, 4) is 0 Å². The van der Waals surface area contributed by atoms with Gasteiger partial charge in [0.25, 0.3) is 0 Å². The maximum atomic E-state index is 6.37. The smallest absolute Gasteiger partial charge is 0.0847 e. The molecule has 0 saturated carbocycles. The van der Waals surface area contributed by atoms with E-state index < -0.39 is 0 Å². The highest BCUT2D eigenvalue weighted by Crippen LogP contribution is 2.27. The Morgan fingerprint density at radius 1 is 1.32 bits per heavy atom. The van der Waals surface area contributed by atoms with Crippen LogP contribution in [-0.2, 0) is 13.5 Å². The van der Waals surface area contributed by atoms with Crippen LogP contribution in [0, 0.1) is 18.8 Å². The summed E-state index contributed by atoms with van der Waals surface area (Å²) in [4.78, 5) is 0. The van der Waals surface area contributed by atoms with E-state index in [-0.39, 0.29) is 0 Å². The molecule has 0 aliphatic rings. The predicted molar refractivity (Wildman–Crippen MR) is 82.7 cm³/mol. The number of hydrogen-bond acceptors (Lipinski definition) is 2. The van der Waals surface area contributed by atoms with Crippen LogP contribution in [0.1, 0.15) is 45.5 Å². The van der Waals surface area contributed by atoms with E-state index in [1.54, 1.807) is 0 Å². The molecule has 0 aromatic carbocycles. The van der Waals surface area contributed by atoms with Gasteiger partial charge in [-0.2, -0.15) is 5.10 Å². The molecule has 4 heteroatoms. The van der Waals surface area contributed by atoms with Gasteiger partial charge in [-0.3, -0.25) is 4.68 Å².